The number of rotatable bonds is 5. The summed E-state index contributed by atoms with van der Waals surface area (Å²) in [6.45, 7) is 6.76. The first-order valence-corrected chi connectivity index (χ1v) is 6.25. The zero-order valence-corrected chi connectivity index (χ0v) is 10.9. The van der Waals surface area contributed by atoms with Crippen molar-refractivity contribution in [2.75, 3.05) is 18.0 Å². The van der Waals surface area contributed by atoms with Gasteiger partial charge in [0.2, 0.25) is 0 Å². The van der Waals surface area contributed by atoms with Crippen LogP contribution in [0.15, 0.2) is 30.5 Å². The number of hydrogen-bond acceptors (Lipinski definition) is 4. The number of hydrogen-bond donors (Lipinski definition) is 1. The van der Waals surface area contributed by atoms with Crippen molar-refractivity contribution in [3.63, 3.8) is 0 Å². The maximum Gasteiger partial charge on any atom is 0.0781 e. The van der Waals surface area contributed by atoms with Crippen molar-refractivity contribution in [2.24, 2.45) is 5.73 Å². The van der Waals surface area contributed by atoms with Gasteiger partial charge in [0.15, 0.2) is 0 Å². The number of aromatic nitrogens is 3. The van der Waals surface area contributed by atoms with Gasteiger partial charge in [-0.05, 0) is 38.1 Å². The average molecular weight is 245 g/mol. The standard InChI is InChI=1S/C13H19N5/c1-3-17(4-2)11-5-7-12(8-6-11)18-13(9-14)10-15-16-18/h5-8,10H,3-4,9,14H2,1-2H3. The molecule has 18 heavy (non-hydrogen) atoms. The highest BCUT2D eigenvalue weighted by Gasteiger charge is 2.06. The molecule has 0 amide bonds. The van der Waals surface area contributed by atoms with Crippen LogP contribution in [0.25, 0.3) is 5.69 Å². The summed E-state index contributed by atoms with van der Waals surface area (Å²) in [6, 6.07) is 8.29. The minimum absolute atomic E-state index is 0.435. The Bertz CT molecular complexity index is 484. The summed E-state index contributed by atoms with van der Waals surface area (Å²) in [7, 11) is 0. The lowest BCUT2D eigenvalue weighted by Gasteiger charge is -2.21. The maximum absolute atomic E-state index is 5.64. The third-order valence-electron chi connectivity index (χ3n) is 3.05. The normalized spacial score (nSPS) is 10.6. The summed E-state index contributed by atoms with van der Waals surface area (Å²) in [4.78, 5) is 2.30. The quantitative estimate of drug-likeness (QED) is 0.868. The first kappa shape index (κ1) is 12.6. The van der Waals surface area contributed by atoms with Crippen molar-refractivity contribution in [1.82, 2.24) is 15.0 Å². The molecule has 0 bridgehead atoms. The molecule has 96 valence electrons. The Morgan fingerprint density at radius 1 is 1.17 bits per heavy atom. The maximum atomic E-state index is 5.64. The highest BCUT2D eigenvalue weighted by molar-refractivity contribution is 5.50. The monoisotopic (exact) mass is 245 g/mol. The molecule has 2 aromatic rings. The van der Waals surface area contributed by atoms with Crippen LogP contribution in [0, 0.1) is 0 Å². The van der Waals surface area contributed by atoms with E-state index < -0.39 is 0 Å². The zero-order valence-electron chi connectivity index (χ0n) is 10.9. The summed E-state index contributed by atoms with van der Waals surface area (Å²) in [5.41, 5.74) is 8.76. The molecule has 1 aromatic heterocycles. The molecule has 2 N–H and O–H groups in total. The number of benzene rings is 1. The Morgan fingerprint density at radius 2 is 1.83 bits per heavy atom. The van der Waals surface area contributed by atoms with Gasteiger partial charge in [-0.3, -0.25) is 0 Å². The molecular formula is C13H19N5. The van der Waals surface area contributed by atoms with Crippen LogP contribution >= 0.6 is 0 Å². The summed E-state index contributed by atoms with van der Waals surface area (Å²) in [5.74, 6) is 0. The lowest BCUT2D eigenvalue weighted by Crippen LogP contribution is -2.21. The zero-order chi connectivity index (χ0) is 13.0. The molecule has 5 nitrogen and oxygen atoms in total. The Hall–Kier alpha value is -1.88. The fourth-order valence-corrected chi connectivity index (χ4v) is 2.01. The van der Waals surface area contributed by atoms with Crippen molar-refractivity contribution >= 4 is 5.69 Å². The van der Waals surface area contributed by atoms with Gasteiger partial charge in [-0.25, -0.2) is 4.68 Å². The van der Waals surface area contributed by atoms with Gasteiger partial charge in [0.25, 0.3) is 0 Å². The van der Waals surface area contributed by atoms with Crippen LogP contribution in [0.4, 0.5) is 5.69 Å². The molecule has 1 aromatic carbocycles. The third kappa shape index (κ3) is 2.36. The van der Waals surface area contributed by atoms with E-state index in [0.717, 1.165) is 24.5 Å². The minimum Gasteiger partial charge on any atom is -0.372 e. The van der Waals surface area contributed by atoms with Crippen LogP contribution < -0.4 is 10.6 Å². The van der Waals surface area contributed by atoms with E-state index in [-0.39, 0.29) is 0 Å². The van der Waals surface area contributed by atoms with Crippen molar-refractivity contribution in [3.05, 3.63) is 36.2 Å². The lowest BCUT2D eigenvalue weighted by atomic mass is 10.2. The second-order valence-corrected chi connectivity index (χ2v) is 4.03. The second kappa shape index (κ2) is 5.64. The van der Waals surface area contributed by atoms with Gasteiger partial charge in [0, 0.05) is 25.3 Å². The van der Waals surface area contributed by atoms with Crippen LogP contribution in [0.5, 0.6) is 0 Å². The molecule has 2 rings (SSSR count). The molecule has 0 saturated carbocycles. The van der Waals surface area contributed by atoms with Crippen molar-refractivity contribution in [2.45, 2.75) is 20.4 Å². The van der Waals surface area contributed by atoms with Crippen molar-refractivity contribution in [1.29, 1.82) is 0 Å². The van der Waals surface area contributed by atoms with Crippen molar-refractivity contribution < 1.29 is 0 Å². The highest BCUT2D eigenvalue weighted by Crippen LogP contribution is 2.17. The predicted molar refractivity (Wildman–Crippen MR) is 72.8 cm³/mol. The van der Waals surface area contributed by atoms with E-state index in [4.69, 9.17) is 5.73 Å². The fourth-order valence-electron chi connectivity index (χ4n) is 2.01. The SMILES string of the molecule is CCN(CC)c1ccc(-n2nncc2CN)cc1. The molecule has 0 unspecified atom stereocenters. The Labute approximate surface area is 107 Å². The van der Waals surface area contributed by atoms with Crippen LogP contribution in [0.1, 0.15) is 19.5 Å². The first-order chi connectivity index (χ1) is 8.80. The largest absolute Gasteiger partial charge is 0.372 e. The van der Waals surface area contributed by atoms with Gasteiger partial charge in [-0.2, -0.15) is 0 Å². The molecule has 0 saturated heterocycles. The van der Waals surface area contributed by atoms with Crippen LogP contribution in [0.2, 0.25) is 0 Å². The van der Waals surface area contributed by atoms with Crippen LogP contribution in [-0.4, -0.2) is 28.1 Å². The number of nitrogens with two attached hydrogens (primary N) is 1. The van der Waals surface area contributed by atoms with Crippen LogP contribution in [0.3, 0.4) is 0 Å². The molecular weight excluding hydrogens is 226 g/mol. The summed E-state index contributed by atoms with van der Waals surface area (Å²) in [5, 5.41) is 7.93. The van der Waals surface area contributed by atoms with E-state index in [0.29, 0.717) is 6.54 Å². The Balaban J connectivity index is 2.27. The lowest BCUT2D eigenvalue weighted by molar-refractivity contribution is 0.761. The topological polar surface area (TPSA) is 60.0 Å². The van der Waals surface area contributed by atoms with Gasteiger partial charge in [-0.1, -0.05) is 5.21 Å². The molecule has 1 heterocycles. The Kier molecular flexibility index (Phi) is 3.94. The van der Waals surface area contributed by atoms with E-state index >= 15 is 0 Å². The van der Waals surface area contributed by atoms with E-state index in [1.54, 1.807) is 10.9 Å². The van der Waals surface area contributed by atoms with Gasteiger partial charge in [-0.15, -0.1) is 5.10 Å². The third-order valence-corrected chi connectivity index (χ3v) is 3.05. The van der Waals surface area contributed by atoms with Gasteiger partial charge < -0.3 is 10.6 Å². The molecule has 0 spiro atoms. The fraction of sp³-hybridized carbons (Fsp3) is 0.385. The summed E-state index contributed by atoms with van der Waals surface area (Å²) in [6.07, 6.45) is 1.69. The molecule has 0 aliphatic heterocycles. The van der Waals surface area contributed by atoms with E-state index in [1.165, 1.54) is 5.69 Å². The average Bonchev–Trinajstić information content (AvgIpc) is 2.89. The van der Waals surface area contributed by atoms with E-state index in [9.17, 15) is 0 Å². The molecule has 0 aliphatic rings. The summed E-state index contributed by atoms with van der Waals surface area (Å²) >= 11 is 0. The molecule has 0 radical (unpaired) electrons. The second-order valence-electron chi connectivity index (χ2n) is 4.03. The highest BCUT2D eigenvalue weighted by atomic mass is 15.4. The minimum atomic E-state index is 0.435. The number of nitrogens with zero attached hydrogens (tertiary/aromatic N) is 4. The first-order valence-electron chi connectivity index (χ1n) is 6.25. The smallest absolute Gasteiger partial charge is 0.0781 e. The van der Waals surface area contributed by atoms with Gasteiger partial charge in [0.1, 0.15) is 0 Å². The molecule has 0 atom stereocenters. The summed E-state index contributed by atoms with van der Waals surface area (Å²) < 4.78 is 1.77. The number of anilines is 1. The van der Waals surface area contributed by atoms with Crippen LogP contribution in [-0.2, 0) is 6.54 Å². The molecule has 0 fully saturated rings. The van der Waals surface area contributed by atoms with Crippen molar-refractivity contribution in [3.8, 4) is 5.69 Å². The Morgan fingerprint density at radius 3 is 2.39 bits per heavy atom. The predicted octanol–water partition coefficient (Wildman–Crippen LogP) is 1.57. The van der Waals surface area contributed by atoms with Gasteiger partial charge in [0.05, 0.1) is 17.6 Å². The van der Waals surface area contributed by atoms with E-state index in [2.05, 4.69) is 41.2 Å². The molecule has 0 aliphatic carbocycles. The molecule has 5 heteroatoms. The van der Waals surface area contributed by atoms with E-state index in [1.807, 2.05) is 12.1 Å². The van der Waals surface area contributed by atoms with Gasteiger partial charge >= 0.3 is 0 Å².